The van der Waals surface area contributed by atoms with Crippen molar-refractivity contribution in [3.05, 3.63) is 0 Å². The van der Waals surface area contributed by atoms with Crippen LogP contribution in [0.3, 0.4) is 0 Å². The molecule has 2 fully saturated rings. The van der Waals surface area contributed by atoms with Gasteiger partial charge in [0.1, 0.15) is 11.4 Å². The first-order valence-electron chi connectivity index (χ1n) is 5.46. The summed E-state index contributed by atoms with van der Waals surface area (Å²) in [6.07, 6.45) is 0. The van der Waals surface area contributed by atoms with Crippen molar-refractivity contribution in [3.8, 4) is 0 Å². The number of carbonyl (C=O) groups excluding carboxylic acids is 2. The van der Waals surface area contributed by atoms with E-state index in [1.165, 1.54) is 13.8 Å². The van der Waals surface area contributed by atoms with Crippen LogP contribution >= 0.6 is 0 Å². The maximum absolute atomic E-state index is 12.3. The molecule has 102 valence electrons. The molecular formula is C10H15NO6S. The number of aliphatic hydroxyl groups excluding tert-OH is 1. The smallest absolute Gasteiger partial charge is 0.330 e. The summed E-state index contributed by atoms with van der Waals surface area (Å²) in [5, 5.41) is 7.94. The quantitative estimate of drug-likeness (QED) is 0.487. The van der Waals surface area contributed by atoms with Crippen molar-refractivity contribution in [2.45, 2.75) is 30.0 Å². The number of carbonyl (C=O) groups is 2. The molecule has 0 aromatic rings. The first-order valence-corrected chi connectivity index (χ1v) is 7.00. The molecule has 2 rings (SSSR count). The van der Waals surface area contributed by atoms with Crippen molar-refractivity contribution in [2.24, 2.45) is 5.92 Å². The van der Waals surface area contributed by atoms with Crippen molar-refractivity contribution in [2.75, 3.05) is 13.7 Å². The van der Waals surface area contributed by atoms with Gasteiger partial charge in [-0.3, -0.25) is 4.79 Å². The number of aliphatic hydroxyl groups is 1. The second-order valence-corrected chi connectivity index (χ2v) is 7.62. The highest BCUT2D eigenvalue weighted by Gasteiger charge is 2.72. The number of ether oxygens (including phenoxy) is 1. The lowest BCUT2D eigenvalue weighted by Crippen LogP contribution is -2.64. The van der Waals surface area contributed by atoms with Crippen LogP contribution in [-0.4, -0.2) is 60.2 Å². The molecule has 0 aromatic heterocycles. The summed E-state index contributed by atoms with van der Waals surface area (Å²) in [6.45, 7) is 2.25. The minimum atomic E-state index is -3.72. The largest absolute Gasteiger partial charge is 0.467 e. The predicted octanol–water partition coefficient (Wildman–Crippen LogP) is -1.49. The molecule has 1 amide bonds. The zero-order valence-electron chi connectivity index (χ0n) is 10.3. The number of methoxy groups -OCH3 is 1. The number of fused-ring (bicyclic) bond motifs is 1. The summed E-state index contributed by atoms with van der Waals surface area (Å²) < 4.78 is 27.8. The molecule has 0 unspecified atom stereocenters. The topological polar surface area (TPSA) is 101 Å². The lowest BCUT2D eigenvalue weighted by molar-refractivity contribution is -0.166. The van der Waals surface area contributed by atoms with E-state index < -0.39 is 50.4 Å². The summed E-state index contributed by atoms with van der Waals surface area (Å²) in [5.41, 5.74) is 0. The van der Waals surface area contributed by atoms with E-state index in [2.05, 4.69) is 4.74 Å². The predicted molar refractivity (Wildman–Crippen MR) is 60.0 cm³/mol. The molecule has 7 nitrogen and oxygen atoms in total. The third-order valence-electron chi connectivity index (χ3n) is 3.80. The van der Waals surface area contributed by atoms with Gasteiger partial charge < -0.3 is 14.7 Å². The van der Waals surface area contributed by atoms with Crippen LogP contribution in [0, 0.1) is 5.92 Å². The molecule has 2 heterocycles. The number of β-lactam (4-membered cyclic amide) rings is 1. The van der Waals surface area contributed by atoms with Crippen LogP contribution in [0.15, 0.2) is 0 Å². The molecule has 0 saturated carbocycles. The number of hydrogen-bond donors (Lipinski definition) is 1. The zero-order chi connectivity index (χ0) is 13.9. The first kappa shape index (κ1) is 13.3. The fourth-order valence-corrected chi connectivity index (χ4v) is 4.97. The van der Waals surface area contributed by atoms with Gasteiger partial charge in [0.15, 0.2) is 9.84 Å². The molecule has 2 aliphatic rings. The number of hydrogen-bond acceptors (Lipinski definition) is 6. The third kappa shape index (κ3) is 1.24. The maximum atomic E-state index is 12.3. The minimum absolute atomic E-state index is 0.521. The average Bonchev–Trinajstić information content (AvgIpc) is 2.43. The van der Waals surface area contributed by atoms with Gasteiger partial charge in [-0.25, -0.2) is 13.2 Å². The average molecular weight is 277 g/mol. The van der Waals surface area contributed by atoms with Gasteiger partial charge in [-0.2, -0.15) is 0 Å². The summed E-state index contributed by atoms with van der Waals surface area (Å²) in [5.74, 6) is -2.24. The second-order valence-electron chi connectivity index (χ2n) is 5.00. The second kappa shape index (κ2) is 3.67. The Balaban J connectivity index is 2.53. The van der Waals surface area contributed by atoms with Gasteiger partial charge in [-0.05, 0) is 13.8 Å². The fraction of sp³-hybridized carbons (Fsp3) is 0.800. The fourth-order valence-electron chi connectivity index (χ4n) is 2.67. The van der Waals surface area contributed by atoms with Crippen molar-refractivity contribution < 1.29 is 27.9 Å². The van der Waals surface area contributed by atoms with Crippen LogP contribution in [0.2, 0.25) is 0 Å². The number of nitrogens with zero attached hydrogens (tertiary/aromatic N) is 1. The molecule has 3 atom stereocenters. The van der Waals surface area contributed by atoms with Gasteiger partial charge >= 0.3 is 5.97 Å². The molecule has 0 bridgehead atoms. The maximum Gasteiger partial charge on any atom is 0.330 e. The van der Waals surface area contributed by atoms with Crippen molar-refractivity contribution in [3.63, 3.8) is 0 Å². The van der Waals surface area contributed by atoms with Crippen LogP contribution in [0.25, 0.3) is 0 Å². The SMILES string of the molecule is COC(=O)[C@@H]1N2C(=O)[C@@H](CO)[C@H]2S(=O)(=O)C1(C)C. The lowest BCUT2D eigenvalue weighted by Gasteiger charge is -2.42. The van der Waals surface area contributed by atoms with E-state index >= 15 is 0 Å². The molecule has 0 aromatic carbocycles. The summed E-state index contributed by atoms with van der Waals surface area (Å²) in [4.78, 5) is 24.5. The van der Waals surface area contributed by atoms with Gasteiger partial charge in [0.25, 0.3) is 0 Å². The van der Waals surface area contributed by atoms with E-state index in [9.17, 15) is 18.0 Å². The highest BCUT2D eigenvalue weighted by atomic mass is 32.2. The molecule has 2 saturated heterocycles. The Morgan fingerprint density at radius 3 is 2.50 bits per heavy atom. The highest BCUT2D eigenvalue weighted by Crippen LogP contribution is 2.48. The van der Waals surface area contributed by atoms with E-state index in [4.69, 9.17) is 5.11 Å². The Kier molecular flexibility index (Phi) is 2.71. The Bertz CT molecular complexity index is 510. The van der Waals surface area contributed by atoms with Gasteiger partial charge in [-0.15, -0.1) is 0 Å². The van der Waals surface area contributed by atoms with E-state index in [-0.39, 0.29) is 0 Å². The molecule has 2 aliphatic heterocycles. The Hall–Kier alpha value is -1.15. The van der Waals surface area contributed by atoms with Gasteiger partial charge in [0.2, 0.25) is 5.91 Å². The van der Waals surface area contributed by atoms with Crippen LogP contribution in [0.4, 0.5) is 0 Å². The van der Waals surface area contributed by atoms with E-state index in [0.717, 1.165) is 12.0 Å². The zero-order valence-corrected chi connectivity index (χ0v) is 11.1. The van der Waals surface area contributed by atoms with Crippen LogP contribution in [0.5, 0.6) is 0 Å². The lowest BCUT2D eigenvalue weighted by atomic mass is 9.92. The summed E-state index contributed by atoms with van der Waals surface area (Å²) in [7, 11) is -2.57. The van der Waals surface area contributed by atoms with Gasteiger partial charge in [0.05, 0.1) is 24.4 Å². The van der Waals surface area contributed by atoms with Crippen molar-refractivity contribution in [1.82, 2.24) is 4.90 Å². The first-order chi connectivity index (χ1) is 8.21. The number of rotatable bonds is 2. The molecule has 0 radical (unpaired) electrons. The van der Waals surface area contributed by atoms with Crippen molar-refractivity contribution >= 4 is 21.7 Å². The standard InChI is InChI=1S/C10H15NO6S/c1-10(2)6(9(14)17-3)11-7(13)5(4-12)8(11)18(10,15)16/h5-6,8,12H,4H2,1-3H3/t5-,6+,8-/m1/s1. The Labute approximate surface area is 105 Å². The highest BCUT2D eigenvalue weighted by molar-refractivity contribution is 7.93. The number of amides is 1. The van der Waals surface area contributed by atoms with Crippen LogP contribution in [-0.2, 0) is 24.2 Å². The normalized spacial score (nSPS) is 35.9. The third-order valence-corrected chi connectivity index (χ3v) is 6.68. The van der Waals surface area contributed by atoms with E-state index in [1.54, 1.807) is 0 Å². The number of esters is 1. The molecular weight excluding hydrogens is 262 g/mol. The number of sulfone groups is 1. The summed E-state index contributed by atoms with van der Waals surface area (Å²) in [6, 6.07) is -1.15. The van der Waals surface area contributed by atoms with E-state index in [1.807, 2.05) is 0 Å². The van der Waals surface area contributed by atoms with Gasteiger partial charge in [-0.1, -0.05) is 0 Å². The van der Waals surface area contributed by atoms with Gasteiger partial charge in [0, 0.05) is 0 Å². The summed E-state index contributed by atoms with van der Waals surface area (Å²) >= 11 is 0. The Morgan fingerprint density at radius 2 is 2.06 bits per heavy atom. The Morgan fingerprint density at radius 1 is 1.50 bits per heavy atom. The monoisotopic (exact) mass is 277 g/mol. The van der Waals surface area contributed by atoms with E-state index in [0.29, 0.717) is 0 Å². The molecule has 8 heteroatoms. The van der Waals surface area contributed by atoms with Crippen LogP contribution < -0.4 is 0 Å². The van der Waals surface area contributed by atoms with Crippen LogP contribution in [0.1, 0.15) is 13.8 Å². The van der Waals surface area contributed by atoms with Crippen molar-refractivity contribution in [1.29, 1.82) is 0 Å². The molecule has 0 spiro atoms. The minimum Gasteiger partial charge on any atom is -0.467 e. The molecule has 1 N–H and O–H groups in total. The molecule has 18 heavy (non-hydrogen) atoms. The molecule has 0 aliphatic carbocycles.